The molecule has 162 valence electrons. The lowest BCUT2D eigenvalue weighted by Crippen LogP contribution is -2.40. The Morgan fingerprint density at radius 2 is 1.59 bits per heavy atom. The Kier molecular flexibility index (Phi) is 10.1. The second kappa shape index (κ2) is 12.6. The van der Waals surface area contributed by atoms with Crippen LogP contribution in [-0.2, 0) is 9.53 Å². The Labute approximate surface area is 172 Å². The van der Waals surface area contributed by atoms with Crippen molar-refractivity contribution in [1.82, 2.24) is 4.90 Å². The van der Waals surface area contributed by atoms with Gasteiger partial charge in [0.25, 0.3) is 5.91 Å². The smallest absolute Gasteiger partial charge is 0.309 e. The number of rotatable bonds is 11. The van der Waals surface area contributed by atoms with E-state index < -0.39 is 11.6 Å². The van der Waals surface area contributed by atoms with Crippen molar-refractivity contribution in [2.24, 2.45) is 5.92 Å². The lowest BCUT2D eigenvalue weighted by molar-refractivity contribution is -0.150. The Bertz CT molecular complexity index is 658. The van der Waals surface area contributed by atoms with Crippen LogP contribution in [0.2, 0.25) is 0 Å². The number of hydrogen-bond acceptors (Lipinski definition) is 3. The van der Waals surface area contributed by atoms with E-state index >= 15 is 0 Å². The van der Waals surface area contributed by atoms with Gasteiger partial charge in [0.1, 0.15) is 0 Å². The fourth-order valence-electron chi connectivity index (χ4n) is 3.66. The number of carbonyl (C=O) groups is 2. The first-order chi connectivity index (χ1) is 14.0. The maximum Gasteiger partial charge on any atom is 0.309 e. The number of nitrogens with zero attached hydrogens (tertiary/aromatic N) is 1. The third kappa shape index (κ3) is 7.75. The van der Waals surface area contributed by atoms with Crippen molar-refractivity contribution in [3.63, 3.8) is 0 Å². The van der Waals surface area contributed by atoms with Crippen molar-refractivity contribution in [3.8, 4) is 0 Å². The number of esters is 1. The molecule has 2 rings (SSSR count). The molecule has 0 atom stereocenters. The minimum Gasteiger partial charge on any atom is -0.465 e. The van der Waals surface area contributed by atoms with Crippen molar-refractivity contribution in [2.45, 2.75) is 71.1 Å². The highest BCUT2D eigenvalue weighted by Gasteiger charge is 2.29. The molecule has 1 amide bonds. The fourth-order valence-corrected chi connectivity index (χ4v) is 3.66. The van der Waals surface area contributed by atoms with Crippen molar-refractivity contribution in [2.75, 3.05) is 19.7 Å². The number of carbonyl (C=O) groups excluding carboxylic acids is 2. The van der Waals surface area contributed by atoms with Crippen LogP contribution in [0.1, 0.15) is 81.5 Å². The quantitative estimate of drug-likeness (QED) is 0.358. The van der Waals surface area contributed by atoms with Gasteiger partial charge in [-0.15, -0.1) is 0 Å². The van der Waals surface area contributed by atoms with Crippen LogP contribution in [0.4, 0.5) is 8.78 Å². The zero-order valence-corrected chi connectivity index (χ0v) is 17.4. The molecule has 0 unspecified atom stereocenters. The van der Waals surface area contributed by atoms with Gasteiger partial charge in [0.2, 0.25) is 0 Å². The SMILES string of the molecule is CCCCCCCCCCOC(=O)C1CCN(C(=O)c2ccc(F)c(F)c2)CC1. The summed E-state index contributed by atoms with van der Waals surface area (Å²) < 4.78 is 31.8. The van der Waals surface area contributed by atoms with Crippen LogP contribution in [0.3, 0.4) is 0 Å². The molecule has 0 bridgehead atoms. The molecule has 4 nitrogen and oxygen atoms in total. The predicted molar refractivity (Wildman–Crippen MR) is 109 cm³/mol. The van der Waals surface area contributed by atoms with Crippen LogP contribution in [-0.4, -0.2) is 36.5 Å². The maximum absolute atomic E-state index is 13.3. The van der Waals surface area contributed by atoms with Crippen molar-refractivity contribution in [3.05, 3.63) is 35.4 Å². The van der Waals surface area contributed by atoms with Crippen LogP contribution in [0.25, 0.3) is 0 Å². The standard InChI is InChI=1S/C23H33F2NO3/c1-2-3-4-5-6-7-8-9-16-29-23(28)18-12-14-26(15-13-18)22(27)19-10-11-20(24)21(25)17-19/h10-11,17-18H,2-9,12-16H2,1H3. The normalized spacial score (nSPS) is 14.8. The summed E-state index contributed by atoms with van der Waals surface area (Å²) in [6.07, 6.45) is 10.6. The first-order valence-electron chi connectivity index (χ1n) is 10.9. The molecule has 0 N–H and O–H groups in total. The zero-order chi connectivity index (χ0) is 21.1. The van der Waals surface area contributed by atoms with Gasteiger partial charge in [-0.1, -0.05) is 51.9 Å². The summed E-state index contributed by atoms with van der Waals surface area (Å²) in [5.74, 6) is -2.73. The van der Waals surface area contributed by atoms with Gasteiger partial charge in [-0.3, -0.25) is 9.59 Å². The number of piperidine rings is 1. The van der Waals surface area contributed by atoms with Gasteiger partial charge >= 0.3 is 5.97 Å². The van der Waals surface area contributed by atoms with E-state index in [4.69, 9.17) is 4.74 Å². The predicted octanol–water partition coefficient (Wildman–Crippen LogP) is 5.50. The summed E-state index contributed by atoms with van der Waals surface area (Å²) in [5.41, 5.74) is 0.125. The topological polar surface area (TPSA) is 46.6 Å². The number of benzene rings is 1. The molecule has 1 aromatic rings. The monoisotopic (exact) mass is 409 g/mol. The highest BCUT2D eigenvalue weighted by Crippen LogP contribution is 2.21. The lowest BCUT2D eigenvalue weighted by atomic mass is 9.96. The molecule has 1 aliphatic heterocycles. The second-order valence-corrected chi connectivity index (χ2v) is 7.84. The highest BCUT2D eigenvalue weighted by atomic mass is 19.2. The number of halogens is 2. The molecule has 0 saturated carbocycles. The van der Waals surface area contributed by atoms with Crippen LogP contribution in [0.5, 0.6) is 0 Å². The molecule has 0 spiro atoms. The largest absolute Gasteiger partial charge is 0.465 e. The van der Waals surface area contributed by atoms with Gasteiger partial charge in [-0.2, -0.15) is 0 Å². The van der Waals surface area contributed by atoms with E-state index in [-0.39, 0.29) is 23.4 Å². The van der Waals surface area contributed by atoms with Gasteiger partial charge in [0, 0.05) is 18.7 Å². The molecular weight excluding hydrogens is 376 g/mol. The molecule has 1 aliphatic rings. The Balaban J connectivity index is 1.61. The molecule has 6 heteroatoms. The molecule has 1 saturated heterocycles. The molecule has 0 aliphatic carbocycles. The zero-order valence-electron chi connectivity index (χ0n) is 17.4. The first kappa shape index (κ1) is 23.3. The lowest BCUT2D eigenvalue weighted by Gasteiger charge is -2.31. The molecule has 1 aromatic carbocycles. The minimum absolute atomic E-state index is 0.125. The molecule has 1 fully saturated rings. The average Bonchev–Trinajstić information content (AvgIpc) is 2.74. The number of amides is 1. The Hall–Kier alpha value is -1.98. The van der Waals surface area contributed by atoms with E-state index in [1.54, 1.807) is 4.90 Å². The van der Waals surface area contributed by atoms with Crippen LogP contribution >= 0.6 is 0 Å². The van der Waals surface area contributed by atoms with E-state index in [0.717, 1.165) is 25.0 Å². The first-order valence-corrected chi connectivity index (χ1v) is 10.9. The maximum atomic E-state index is 13.3. The summed E-state index contributed by atoms with van der Waals surface area (Å²) in [4.78, 5) is 26.2. The minimum atomic E-state index is -1.03. The van der Waals surface area contributed by atoms with E-state index in [9.17, 15) is 18.4 Å². The van der Waals surface area contributed by atoms with E-state index in [1.165, 1.54) is 44.6 Å². The number of unbranched alkanes of at least 4 members (excludes halogenated alkanes) is 7. The van der Waals surface area contributed by atoms with Crippen LogP contribution in [0.15, 0.2) is 18.2 Å². The summed E-state index contributed by atoms with van der Waals surface area (Å²) in [6, 6.07) is 3.16. The van der Waals surface area contributed by atoms with Crippen molar-refractivity contribution >= 4 is 11.9 Å². The van der Waals surface area contributed by atoms with E-state index in [2.05, 4.69) is 6.92 Å². The number of ether oxygens (including phenoxy) is 1. The summed E-state index contributed by atoms with van der Waals surface area (Å²) in [6.45, 7) is 3.50. The fraction of sp³-hybridized carbons (Fsp3) is 0.652. The second-order valence-electron chi connectivity index (χ2n) is 7.84. The van der Waals surface area contributed by atoms with Crippen LogP contribution < -0.4 is 0 Å². The van der Waals surface area contributed by atoms with Gasteiger partial charge in [-0.05, 0) is 37.5 Å². The molecule has 1 heterocycles. The molecule has 0 radical (unpaired) electrons. The summed E-state index contributed by atoms with van der Waals surface area (Å²) in [7, 11) is 0. The Morgan fingerprint density at radius 3 is 2.21 bits per heavy atom. The highest BCUT2D eigenvalue weighted by molar-refractivity contribution is 5.94. The summed E-state index contributed by atoms with van der Waals surface area (Å²) >= 11 is 0. The average molecular weight is 410 g/mol. The van der Waals surface area contributed by atoms with E-state index in [0.29, 0.717) is 32.5 Å². The van der Waals surface area contributed by atoms with Gasteiger partial charge in [0.05, 0.1) is 12.5 Å². The van der Waals surface area contributed by atoms with Crippen molar-refractivity contribution in [1.29, 1.82) is 0 Å². The molecular formula is C23H33F2NO3. The Morgan fingerprint density at radius 1 is 0.966 bits per heavy atom. The number of likely N-dealkylation sites (tertiary alicyclic amines) is 1. The van der Waals surface area contributed by atoms with Gasteiger partial charge in [-0.25, -0.2) is 8.78 Å². The van der Waals surface area contributed by atoms with Gasteiger partial charge < -0.3 is 9.64 Å². The van der Waals surface area contributed by atoms with E-state index in [1.807, 2.05) is 0 Å². The third-order valence-corrected chi connectivity index (χ3v) is 5.52. The number of hydrogen-bond donors (Lipinski definition) is 0. The molecule has 29 heavy (non-hydrogen) atoms. The van der Waals surface area contributed by atoms with Crippen molar-refractivity contribution < 1.29 is 23.1 Å². The third-order valence-electron chi connectivity index (χ3n) is 5.52. The molecule has 0 aromatic heterocycles. The summed E-state index contributed by atoms with van der Waals surface area (Å²) in [5, 5.41) is 0. The van der Waals surface area contributed by atoms with Gasteiger partial charge in [0.15, 0.2) is 11.6 Å². The van der Waals surface area contributed by atoms with Crippen LogP contribution in [0, 0.1) is 17.6 Å².